The summed E-state index contributed by atoms with van der Waals surface area (Å²) >= 11 is 0. The fourth-order valence-electron chi connectivity index (χ4n) is 2.44. The summed E-state index contributed by atoms with van der Waals surface area (Å²) in [6.45, 7) is 0.735. The molecule has 1 unspecified atom stereocenters. The number of carbonyl (C=O) groups excluding carboxylic acids is 1. The van der Waals surface area contributed by atoms with Crippen molar-refractivity contribution in [1.29, 1.82) is 0 Å². The summed E-state index contributed by atoms with van der Waals surface area (Å²) in [4.78, 5) is 24.6. The summed E-state index contributed by atoms with van der Waals surface area (Å²) in [7, 11) is 0. The minimum atomic E-state index is -1.06. The summed E-state index contributed by atoms with van der Waals surface area (Å²) in [5, 5.41) is 9.33. The molecule has 0 aromatic heterocycles. The Kier molecular flexibility index (Phi) is 4.34. The average molecular weight is 280 g/mol. The van der Waals surface area contributed by atoms with Crippen LogP contribution in [0.1, 0.15) is 12.0 Å². The molecular weight excluding hydrogens is 263 g/mol. The van der Waals surface area contributed by atoms with Crippen molar-refractivity contribution >= 4 is 11.9 Å². The largest absolute Gasteiger partial charge is 0.480 e. The summed E-state index contributed by atoms with van der Waals surface area (Å²) in [6, 6.07) is 4.70. The lowest BCUT2D eigenvalue weighted by molar-refractivity contribution is -0.148. The van der Waals surface area contributed by atoms with Crippen molar-refractivity contribution in [3.8, 4) is 0 Å². The Labute approximate surface area is 116 Å². The van der Waals surface area contributed by atoms with Gasteiger partial charge in [0.2, 0.25) is 5.91 Å². The highest BCUT2D eigenvalue weighted by Gasteiger charge is 2.37. The number of aliphatic carboxylic acids is 1. The number of amides is 1. The molecule has 3 N–H and O–H groups in total. The van der Waals surface area contributed by atoms with E-state index in [1.54, 1.807) is 0 Å². The van der Waals surface area contributed by atoms with Crippen molar-refractivity contribution in [3.05, 3.63) is 35.6 Å². The van der Waals surface area contributed by atoms with E-state index in [9.17, 15) is 19.1 Å². The quantitative estimate of drug-likeness (QED) is 0.828. The Morgan fingerprint density at radius 2 is 2.10 bits per heavy atom. The zero-order valence-electron chi connectivity index (χ0n) is 11.0. The fraction of sp³-hybridized carbons (Fsp3) is 0.429. The first kappa shape index (κ1) is 14.5. The third-order valence-corrected chi connectivity index (χ3v) is 3.58. The molecule has 0 bridgehead atoms. The predicted molar refractivity (Wildman–Crippen MR) is 70.4 cm³/mol. The molecule has 0 spiro atoms. The van der Waals surface area contributed by atoms with E-state index in [0.717, 1.165) is 0 Å². The number of halogens is 1. The SMILES string of the molecule is NCC1CC(=O)N([C@H](Cc2ccc(F)cc2)C(=O)O)C1. The van der Waals surface area contributed by atoms with Gasteiger partial charge >= 0.3 is 5.97 Å². The van der Waals surface area contributed by atoms with Gasteiger partial charge in [-0.15, -0.1) is 0 Å². The van der Waals surface area contributed by atoms with Crippen molar-refractivity contribution in [3.63, 3.8) is 0 Å². The highest BCUT2D eigenvalue weighted by atomic mass is 19.1. The molecule has 20 heavy (non-hydrogen) atoms. The third kappa shape index (κ3) is 3.14. The summed E-state index contributed by atoms with van der Waals surface area (Å²) in [6.07, 6.45) is 0.461. The summed E-state index contributed by atoms with van der Waals surface area (Å²) < 4.78 is 12.8. The first-order valence-corrected chi connectivity index (χ1v) is 6.48. The van der Waals surface area contributed by atoms with Crippen molar-refractivity contribution in [2.45, 2.75) is 18.9 Å². The fourth-order valence-corrected chi connectivity index (χ4v) is 2.44. The van der Waals surface area contributed by atoms with Crippen LogP contribution in [0.5, 0.6) is 0 Å². The minimum absolute atomic E-state index is 0.0116. The second kappa shape index (κ2) is 6.00. The van der Waals surface area contributed by atoms with E-state index in [1.807, 2.05) is 0 Å². The Balaban J connectivity index is 2.13. The number of nitrogens with zero attached hydrogens (tertiary/aromatic N) is 1. The smallest absolute Gasteiger partial charge is 0.326 e. The summed E-state index contributed by atoms with van der Waals surface area (Å²) in [5.74, 6) is -1.60. The molecule has 5 nitrogen and oxygen atoms in total. The van der Waals surface area contributed by atoms with Crippen molar-refractivity contribution in [2.24, 2.45) is 11.7 Å². The number of carboxylic acid groups (broad SMARTS) is 1. The number of carboxylic acids is 1. The zero-order chi connectivity index (χ0) is 14.7. The standard InChI is InChI=1S/C14H17FN2O3/c15-11-3-1-9(2-4-11)5-12(14(19)20)17-8-10(7-16)6-13(17)18/h1-4,10,12H,5-8,16H2,(H,19,20)/t10?,12-/m1/s1. The van der Waals surface area contributed by atoms with Crippen LogP contribution in [0.4, 0.5) is 4.39 Å². The normalized spacial score (nSPS) is 20.2. The van der Waals surface area contributed by atoms with E-state index in [0.29, 0.717) is 25.1 Å². The molecule has 0 aliphatic carbocycles. The number of benzene rings is 1. The van der Waals surface area contributed by atoms with Crippen LogP contribution in [0.15, 0.2) is 24.3 Å². The Morgan fingerprint density at radius 1 is 1.45 bits per heavy atom. The van der Waals surface area contributed by atoms with Crippen LogP contribution < -0.4 is 5.73 Å². The Hall–Kier alpha value is -1.95. The van der Waals surface area contributed by atoms with Crippen molar-refractivity contribution in [2.75, 3.05) is 13.1 Å². The van der Waals surface area contributed by atoms with E-state index >= 15 is 0 Å². The highest BCUT2D eigenvalue weighted by Crippen LogP contribution is 2.21. The van der Waals surface area contributed by atoms with Gasteiger partial charge < -0.3 is 15.7 Å². The van der Waals surface area contributed by atoms with Gasteiger partial charge in [0, 0.05) is 19.4 Å². The highest BCUT2D eigenvalue weighted by molar-refractivity contribution is 5.85. The lowest BCUT2D eigenvalue weighted by Crippen LogP contribution is -2.44. The molecule has 1 amide bonds. The first-order valence-electron chi connectivity index (χ1n) is 6.48. The van der Waals surface area contributed by atoms with Gasteiger partial charge in [-0.05, 0) is 30.2 Å². The number of nitrogens with two attached hydrogens (primary N) is 1. The molecular formula is C14H17FN2O3. The van der Waals surface area contributed by atoms with Gasteiger partial charge in [-0.1, -0.05) is 12.1 Å². The van der Waals surface area contributed by atoms with Crippen LogP contribution in [-0.2, 0) is 16.0 Å². The number of rotatable bonds is 5. The van der Waals surface area contributed by atoms with E-state index in [-0.39, 0.29) is 24.1 Å². The molecule has 2 rings (SSSR count). The van der Waals surface area contributed by atoms with Crippen LogP contribution >= 0.6 is 0 Å². The molecule has 1 fully saturated rings. The maximum atomic E-state index is 12.8. The van der Waals surface area contributed by atoms with Crippen molar-refractivity contribution in [1.82, 2.24) is 4.90 Å². The van der Waals surface area contributed by atoms with E-state index in [1.165, 1.54) is 29.2 Å². The zero-order valence-corrected chi connectivity index (χ0v) is 11.0. The minimum Gasteiger partial charge on any atom is -0.480 e. The lowest BCUT2D eigenvalue weighted by atomic mass is 10.0. The van der Waals surface area contributed by atoms with Crippen LogP contribution in [-0.4, -0.2) is 41.0 Å². The molecule has 0 radical (unpaired) electrons. The number of likely N-dealkylation sites (tertiary alicyclic amines) is 1. The molecule has 1 aromatic carbocycles. The van der Waals surface area contributed by atoms with Gasteiger partial charge in [-0.3, -0.25) is 4.79 Å². The Bertz CT molecular complexity index is 504. The van der Waals surface area contributed by atoms with E-state index < -0.39 is 12.0 Å². The third-order valence-electron chi connectivity index (χ3n) is 3.58. The van der Waals surface area contributed by atoms with Crippen LogP contribution in [0, 0.1) is 11.7 Å². The molecule has 1 aliphatic heterocycles. The van der Waals surface area contributed by atoms with Gasteiger partial charge in [0.1, 0.15) is 11.9 Å². The maximum absolute atomic E-state index is 12.8. The van der Waals surface area contributed by atoms with Crippen LogP contribution in [0.2, 0.25) is 0 Å². The molecule has 108 valence electrons. The second-order valence-electron chi connectivity index (χ2n) is 5.04. The Morgan fingerprint density at radius 3 is 2.60 bits per heavy atom. The van der Waals surface area contributed by atoms with Gasteiger partial charge in [0.25, 0.3) is 0 Å². The average Bonchev–Trinajstić information content (AvgIpc) is 2.79. The first-order chi connectivity index (χ1) is 9.51. The number of hydrogen-bond donors (Lipinski definition) is 2. The molecule has 1 aliphatic rings. The second-order valence-corrected chi connectivity index (χ2v) is 5.04. The monoisotopic (exact) mass is 280 g/mol. The maximum Gasteiger partial charge on any atom is 0.326 e. The molecule has 1 heterocycles. The van der Waals surface area contributed by atoms with E-state index in [4.69, 9.17) is 5.73 Å². The molecule has 1 saturated heterocycles. The van der Waals surface area contributed by atoms with E-state index in [2.05, 4.69) is 0 Å². The number of hydrogen-bond acceptors (Lipinski definition) is 3. The van der Waals surface area contributed by atoms with Gasteiger partial charge in [-0.25, -0.2) is 9.18 Å². The summed E-state index contributed by atoms with van der Waals surface area (Å²) in [5.41, 5.74) is 6.22. The molecule has 1 aromatic rings. The molecule has 6 heteroatoms. The molecule has 2 atom stereocenters. The van der Waals surface area contributed by atoms with Gasteiger partial charge in [0.15, 0.2) is 0 Å². The van der Waals surface area contributed by atoms with Gasteiger partial charge in [0.05, 0.1) is 0 Å². The van der Waals surface area contributed by atoms with Crippen LogP contribution in [0.3, 0.4) is 0 Å². The van der Waals surface area contributed by atoms with Crippen LogP contribution in [0.25, 0.3) is 0 Å². The van der Waals surface area contributed by atoms with Gasteiger partial charge in [-0.2, -0.15) is 0 Å². The predicted octanol–water partition coefficient (Wildman–Crippen LogP) is 0.629. The van der Waals surface area contributed by atoms with Crippen molar-refractivity contribution < 1.29 is 19.1 Å². The lowest BCUT2D eigenvalue weighted by Gasteiger charge is -2.24. The topological polar surface area (TPSA) is 83.6 Å². The molecule has 0 saturated carbocycles. The number of carbonyl (C=O) groups is 2.